The zero-order valence-electron chi connectivity index (χ0n) is 11.5. The Hall–Kier alpha value is -1.99. The molecule has 0 aliphatic carbocycles. The highest BCUT2D eigenvalue weighted by molar-refractivity contribution is 7.19. The Kier molecular flexibility index (Phi) is 2.90. The summed E-state index contributed by atoms with van der Waals surface area (Å²) in [6.07, 6.45) is 0.948. The van der Waals surface area contributed by atoms with Crippen LogP contribution in [0.5, 0.6) is 5.75 Å². The summed E-state index contributed by atoms with van der Waals surface area (Å²) in [5.41, 5.74) is 1.82. The molecular formula is C14H14N4O2S. The maximum atomic E-state index is 10.0. The fraction of sp³-hybridized carbons (Fsp3) is 0.357. The van der Waals surface area contributed by atoms with Gasteiger partial charge in [0.05, 0.1) is 12.2 Å². The summed E-state index contributed by atoms with van der Waals surface area (Å²) in [6.45, 7) is 3.42. The molecular weight excluding hydrogens is 288 g/mol. The van der Waals surface area contributed by atoms with Crippen molar-refractivity contribution in [1.82, 2.24) is 19.8 Å². The number of phenolic OH excluding ortho intramolecular Hbond substituents is 1. The van der Waals surface area contributed by atoms with Gasteiger partial charge in [0, 0.05) is 12.5 Å². The van der Waals surface area contributed by atoms with E-state index in [9.17, 15) is 5.11 Å². The average Bonchev–Trinajstić information content (AvgIpc) is 3.15. The highest BCUT2D eigenvalue weighted by Gasteiger charge is 2.25. The van der Waals surface area contributed by atoms with Gasteiger partial charge in [0.1, 0.15) is 5.75 Å². The van der Waals surface area contributed by atoms with Crippen LogP contribution in [0.4, 0.5) is 0 Å². The van der Waals surface area contributed by atoms with Gasteiger partial charge >= 0.3 is 0 Å². The van der Waals surface area contributed by atoms with Gasteiger partial charge in [0.15, 0.2) is 10.8 Å². The van der Waals surface area contributed by atoms with Crippen LogP contribution in [0.3, 0.4) is 0 Å². The van der Waals surface area contributed by atoms with Gasteiger partial charge in [-0.2, -0.15) is 9.61 Å². The smallest absolute Gasteiger partial charge is 0.234 e. The molecule has 1 aliphatic rings. The van der Waals surface area contributed by atoms with Crippen molar-refractivity contribution in [1.29, 1.82) is 0 Å². The van der Waals surface area contributed by atoms with Crippen LogP contribution < -0.4 is 0 Å². The Balaban J connectivity index is 1.82. The van der Waals surface area contributed by atoms with Crippen LogP contribution in [0.2, 0.25) is 0 Å². The van der Waals surface area contributed by atoms with E-state index < -0.39 is 0 Å². The summed E-state index contributed by atoms with van der Waals surface area (Å²) >= 11 is 1.43. The standard InChI is InChI=1S/C14H14N4O2S/c1-8-2-3-11(19)10(6-8)13-17-18-12(9-4-5-20-7-9)15-16-14(18)21-13/h2-3,6,9,19H,4-5,7H2,1H3. The lowest BCUT2D eigenvalue weighted by atomic mass is 10.1. The van der Waals surface area contributed by atoms with E-state index >= 15 is 0 Å². The minimum Gasteiger partial charge on any atom is -0.507 e. The van der Waals surface area contributed by atoms with E-state index in [0.29, 0.717) is 6.61 Å². The molecule has 0 saturated carbocycles. The van der Waals surface area contributed by atoms with E-state index in [2.05, 4.69) is 15.3 Å². The highest BCUT2D eigenvalue weighted by Crippen LogP contribution is 2.34. The second-order valence-corrected chi connectivity index (χ2v) is 6.20. The van der Waals surface area contributed by atoms with Crippen LogP contribution in [0.15, 0.2) is 18.2 Å². The first-order chi connectivity index (χ1) is 10.2. The molecule has 1 saturated heterocycles. The molecule has 2 aromatic heterocycles. The zero-order valence-corrected chi connectivity index (χ0v) is 12.3. The van der Waals surface area contributed by atoms with Gasteiger partial charge in [0.25, 0.3) is 0 Å². The summed E-state index contributed by atoms with van der Waals surface area (Å²) in [7, 11) is 0. The van der Waals surface area contributed by atoms with Crippen molar-refractivity contribution in [2.45, 2.75) is 19.3 Å². The monoisotopic (exact) mass is 302 g/mol. The Labute approximate surface area is 125 Å². The first kappa shape index (κ1) is 12.7. The molecule has 0 amide bonds. The van der Waals surface area contributed by atoms with Gasteiger partial charge in [-0.05, 0) is 25.5 Å². The van der Waals surface area contributed by atoms with E-state index in [1.165, 1.54) is 11.3 Å². The molecule has 21 heavy (non-hydrogen) atoms. The number of rotatable bonds is 2. The second-order valence-electron chi connectivity index (χ2n) is 5.24. The van der Waals surface area contributed by atoms with Crippen molar-refractivity contribution in [3.63, 3.8) is 0 Å². The van der Waals surface area contributed by atoms with Crippen LogP contribution in [0.1, 0.15) is 23.7 Å². The molecule has 4 rings (SSSR count). The molecule has 0 spiro atoms. The predicted molar refractivity (Wildman–Crippen MR) is 78.7 cm³/mol. The minimum atomic E-state index is 0.233. The van der Waals surface area contributed by atoms with Crippen LogP contribution in [0.25, 0.3) is 15.5 Å². The number of ether oxygens (including phenoxy) is 1. The topological polar surface area (TPSA) is 72.5 Å². The molecule has 108 valence electrons. The number of hydrogen-bond acceptors (Lipinski definition) is 6. The Morgan fingerprint density at radius 2 is 2.29 bits per heavy atom. The fourth-order valence-corrected chi connectivity index (χ4v) is 3.43. The molecule has 1 atom stereocenters. The quantitative estimate of drug-likeness (QED) is 0.787. The third kappa shape index (κ3) is 2.09. The summed E-state index contributed by atoms with van der Waals surface area (Å²) in [5, 5.41) is 23.8. The third-order valence-electron chi connectivity index (χ3n) is 3.69. The van der Waals surface area contributed by atoms with Gasteiger partial charge in [0.2, 0.25) is 4.96 Å². The van der Waals surface area contributed by atoms with Crippen molar-refractivity contribution in [2.75, 3.05) is 13.2 Å². The molecule has 1 aromatic carbocycles. The SMILES string of the molecule is Cc1ccc(O)c(-c2nn3c(C4CCOC4)nnc3s2)c1. The average molecular weight is 302 g/mol. The first-order valence-electron chi connectivity index (χ1n) is 6.82. The maximum absolute atomic E-state index is 10.0. The van der Waals surface area contributed by atoms with Crippen LogP contribution in [-0.4, -0.2) is 38.1 Å². The van der Waals surface area contributed by atoms with Crippen molar-refractivity contribution < 1.29 is 9.84 Å². The van der Waals surface area contributed by atoms with Crippen LogP contribution >= 0.6 is 11.3 Å². The molecule has 3 aromatic rings. The lowest BCUT2D eigenvalue weighted by Crippen LogP contribution is -2.04. The maximum Gasteiger partial charge on any atom is 0.234 e. The Morgan fingerprint density at radius 1 is 1.38 bits per heavy atom. The molecule has 0 radical (unpaired) electrons. The minimum absolute atomic E-state index is 0.233. The molecule has 7 heteroatoms. The Bertz CT molecular complexity index is 805. The van der Waals surface area contributed by atoms with E-state index in [-0.39, 0.29) is 11.7 Å². The largest absolute Gasteiger partial charge is 0.507 e. The van der Waals surface area contributed by atoms with Gasteiger partial charge in [-0.25, -0.2) is 0 Å². The summed E-state index contributed by atoms with van der Waals surface area (Å²) in [5.74, 6) is 1.33. The number of phenols is 1. The lowest BCUT2D eigenvalue weighted by molar-refractivity contribution is 0.193. The normalized spacial score (nSPS) is 18.6. The number of hydrogen-bond donors (Lipinski definition) is 1. The zero-order chi connectivity index (χ0) is 14.4. The van der Waals surface area contributed by atoms with Crippen molar-refractivity contribution in [3.8, 4) is 16.3 Å². The van der Waals surface area contributed by atoms with E-state index in [1.54, 1.807) is 10.6 Å². The van der Waals surface area contributed by atoms with Crippen LogP contribution in [-0.2, 0) is 4.74 Å². The second kappa shape index (κ2) is 4.78. The number of benzene rings is 1. The molecule has 1 aliphatic heterocycles. The lowest BCUT2D eigenvalue weighted by Gasteiger charge is -2.03. The van der Waals surface area contributed by atoms with E-state index in [4.69, 9.17) is 4.74 Å². The number of aromatic nitrogens is 4. The molecule has 1 unspecified atom stereocenters. The summed E-state index contributed by atoms with van der Waals surface area (Å²) in [4.78, 5) is 0.743. The van der Waals surface area contributed by atoms with Crippen molar-refractivity contribution in [2.24, 2.45) is 0 Å². The van der Waals surface area contributed by atoms with Crippen molar-refractivity contribution in [3.05, 3.63) is 29.6 Å². The molecule has 6 nitrogen and oxygen atoms in total. The Morgan fingerprint density at radius 3 is 3.10 bits per heavy atom. The molecule has 1 fully saturated rings. The highest BCUT2D eigenvalue weighted by atomic mass is 32.1. The number of aryl methyl sites for hydroxylation is 1. The number of aromatic hydroxyl groups is 1. The fourth-order valence-electron chi connectivity index (χ4n) is 2.55. The molecule has 3 heterocycles. The molecule has 0 bridgehead atoms. The van der Waals surface area contributed by atoms with Gasteiger partial charge < -0.3 is 9.84 Å². The van der Waals surface area contributed by atoms with Crippen molar-refractivity contribution >= 4 is 16.3 Å². The predicted octanol–water partition coefficient (Wildman–Crippen LogP) is 2.37. The van der Waals surface area contributed by atoms with Gasteiger partial charge in [-0.15, -0.1) is 10.2 Å². The first-order valence-corrected chi connectivity index (χ1v) is 7.64. The summed E-state index contributed by atoms with van der Waals surface area (Å²) < 4.78 is 7.19. The number of fused-ring (bicyclic) bond motifs is 1. The number of nitrogens with zero attached hydrogens (tertiary/aromatic N) is 4. The van der Waals surface area contributed by atoms with Crippen LogP contribution in [0, 0.1) is 6.92 Å². The third-order valence-corrected chi connectivity index (χ3v) is 4.62. The van der Waals surface area contributed by atoms with Gasteiger partial charge in [-0.1, -0.05) is 23.0 Å². The van der Waals surface area contributed by atoms with E-state index in [0.717, 1.165) is 39.9 Å². The molecule has 1 N–H and O–H groups in total. The van der Waals surface area contributed by atoms with E-state index in [1.807, 2.05) is 19.1 Å². The van der Waals surface area contributed by atoms with Gasteiger partial charge in [-0.3, -0.25) is 0 Å². The summed E-state index contributed by atoms with van der Waals surface area (Å²) in [6, 6.07) is 5.50.